The van der Waals surface area contributed by atoms with E-state index in [9.17, 15) is 10.1 Å². The molecule has 0 amide bonds. The Balaban J connectivity index is 2.16. The molecule has 1 saturated heterocycles. The van der Waals surface area contributed by atoms with Crippen molar-refractivity contribution >= 4 is 11.4 Å². The summed E-state index contributed by atoms with van der Waals surface area (Å²) in [5, 5.41) is 19.8. The second-order valence-electron chi connectivity index (χ2n) is 4.67. The predicted molar refractivity (Wildman–Crippen MR) is 72.1 cm³/mol. The maximum Gasteiger partial charge on any atom is 0.292 e. The van der Waals surface area contributed by atoms with Gasteiger partial charge in [-0.1, -0.05) is 6.07 Å². The van der Waals surface area contributed by atoms with Crippen LogP contribution in [0.3, 0.4) is 0 Å². The number of benzene rings is 1. The van der Waals surface area contributed by atoms with E-state index in [1.165, 1.54) is 0 Å². The van der Waals surface area contributed by atoms with Crippen LogP contribution in [-0.4, -0.2) is 42.5 Å². The third kappa shape index (κ3) is 3.01. The van der Waals surface area contributed by atoms with Crippen LogP contribution in [0.1, 0.15) is 5.56 Å². The number of nitro benzene ring substituents is 1. The molecule has 6 heteroatoms. The summed E-state index contributed by atoms with van der Waals surface area (Å²) in [4.78, 5) is 14.9. The van der Waals surface area contributed by atoms with Crippen molar-refractivity contribution in [3.8, 4) is 6.07 Å². The van der Waals surface area contributed by atoms with Gasteiger partial charge < -0.3 is 4.90 Å². The molecule has 1 fully saturated rings. The van der Waals surface area contributed by atoms with Gasteiger partial charge in [0.2, 0.25) is 0 Å². The lowest BCUT2D eigenvalue weighted by Crippen LogP contribution is -2.46. The van der Waals surface area contributed by atoms with Gasteiger partial charge in [0, 0.05) is 32.2 Å². The topological polar surface area (TPSA) is 73.4 Å². The highest BCUT2D eigenvalue weighted by molar-refractivity contribution is 5.64. The fourth-order valence-electron chi connectivity index (χ4n) is 2.29. The van der Waals surface area contributed by atoms with Gasteiger partial charge in [-0.2, -0.15) is 5.26 Å². The molecule has 19 heavy (non-hydrogen) atoms. The first-order chi connectivity index (χ1) is 9.11. The quantitative estimate of drug-likeness (QED) is 0.468. The number of nitriles is 1. The Morgan fingerprint density at radius 3 is 2.63 bits per heavy atom. The molecule has 2 rings (SSSR count). The molecule has 1 aliphatic rings. The minimum absolute atomic E-state index is 0.161. The molecular weight excluding hydrogens is 244 g/mol. The van der Waals surface area contributed by atoms with Crippen LogP contribution >= 0.6 is 0 Å². The van der Waals surface area contributed by atoms with Gasteiger partial charge in [0.1, 0.15) is 5.69 Å². The molecule has 0 aromatic heterocycles. The molecule has 0 radical (unpaired) electrons. The number of hydrogen-bond donors (Lipinski definition) is 0. The molecule has 0 spiro atoms. The summed E-state index contributed by atoms with van der Waals surface area (Å²) in [6.07, 6.45) is 0. The van der Waals surface area contributed by atoms with E-state index in [0.29, 0.717) is 25.3 Å². The Bertz CT molecular complexity index is 516. The maximum absolute atomic E-state index is 11.1. The average Bonchev–Trinajstić information content (AvgIpc) is 2.40. The van der Waals surface area contributed by atoms with Crippen molar-refractivity contribution in [2.24, 2.45) is 0 Å². The molecule has 0 aliphatic carbocycles. The summed E-state index contributed by atoms with van der Waals surface area (Å²) in [7, 11) is 0. The van der Waals surface area contributed by atoms with Crippen molar-refractivity contribution in [1.29, 1.82) is 5.26 Å². The van der Waals surface area contributed by atoms with E-state index in [1.807, 2.05) is 24.0 Å². The smallest absolute Gasteiger partial charge is 0.292 e. The molecule has 0 bridgehead atoms. The molecule has 0 atom stereocenters. The van der Waals surface area contributed by atoms with Gasteiger partial charge >= 0.3 is 0 Å². The Kier molecular flexibility index (Phi) is 3.97. The summed E-state index contributed by atoms with van der Waals surface area (Å²) < 4.78 is 0. The van der Waals surface area contributed by atoms with Crippen LogP contribution in [0.5, 0.6) is 0 Å². The normalized spacial score (nSPS) is 16.1. The number of hydrogen-bond acceptors (Lipinski definition) is 5. The third-order valence-corrected chi connectivity index (χ3v) is 3.33. The van der Waals surface area contributed by atoms with Crippen LogP contribution in [0.25, 0.3) is 0 Å². The Hall–Kier alpha value is -2.13. The fraction of sp³-hybridized carbons (Fsp3) is 0.462. The lowest BCUT2D eigenvalue weighted by Gasteiger charge is -2.34. The third-order valence-electron chi connectivity index (χ3n) is 3.33. The highest BCUT2D eigenvalue weighted by atomic mass is 16.6. The van der Waals surface area contributed by atoms with Crippen molar-refractivity contribution in [1.82, 2.24) is 4.90 Å². The van der Waals surface area contributed by atoms with Gasteiger partial charge in [-0.3, -0.25) is 15.0 Å². The van der Waals surface area contributed by atoms with E-state index in [-0.39, 0.29) is 10.6 Å². The first-order valence-corrected chi connectivity index (χ1v) is 6.21. The molecule has 0 saturated carbocycles. The van der Waals surface area contributed by atoms with E-state index in [0.717, 1.165) is 18.7 Å². The zero-order valence-electron chi connectivity index (χ0n) is 10.9. The standard InChI is InChI=1S/C13H16N4O2/c1-11-2-3-12(13(10-11)17(18)19)16-8-6-15(5-4-14)7-9-16/h2-3,10H,5-9H2,1H3. The molecular formula is C13H16N4O2. The van der Waals surface area contributed by atoms with Crippen LogP contribution in [0.15, 0.2) is 18.2 Å². The highest BCUT2D eigenvalue weighted by Crippen LogP contribution is 2.29. The van der Waals surface area contributed by atoms with Crippen LogP contribution in [0.4, 0.5) is 11.4 Å². The Labute approximate surface area is 112 Å². The zero-order chi connectivity index (χ0) is 13.8. The molecule has 1 aliphatic heterocycles. The molecule has 1 heterocycles. The van der Waals surface area contributed by atoms with Crippen molar-refractivity contribution < 1.29 is 4.92 Å². The predicted octanol–water partition coefficient (Wildman–Crippen LogP) is 1.55. The molecule has 1 aromatic rings. The van der Waals surface area contributed by atoms with Crippen LogP contribution in [-0.2, 0) is 0 Å². The van der Waals surface area contributed by atoms with E-state index >= 15 is 0 Å². The zero-order valence-corrected chi connectivity index (χ0v) is 10.9. The Morgan fingerprint density at radius 2 is 2.05 bits per heavy atom. The molecule has 100 valence electrons. The average molecular weight is 260 g/mol. The molecule has 6 nitrogen and oxygen atoms in total. The minimum atomic E-state index is -0.329. The SMILES string of the molecule is Cc1ccc(N2CCN(CC#N)CC2)c([N+](=O)[O-])c1. The van der Waals surface area contributed by atoms with Gasteiger partial charge in [0.15, 0.2) is 0 Å². The van der Waals surface area contributed by atoms with E-state index < -0.39 is 0 Å². The summed E-state index contributed by atoms with van der Waals surface area (Å²) in [6, 6.07) is 7.44. The van der Waals surface area contributed by atoms with Crippen LogP contribution in [0, 0.1) is 28.4 Å². The Morgan fingerprint density at radius 1 is 1.37 bits per heavy atom. The van der Waals surface area contributed by atoms with Crippen molar-refractivity contribution in [3.63, 3.8) is 0 Å². The number of anilines is 1. The second-order valence-corrected chi connectivity index (χ2v) is 4.67. The number of aryl methyl sites for hydroxylation is 1. The fourth-order valence-corrected chi connectivity index (χ4v) is 2.29. The largest absolute Gasteiger partial charge is 0.363 e. The first kappa shape index (κ1) is 13.3. The van der Waals surface area contributed by atoms with Crippen LogP contribution < -0.4 is 4.90 Å². The van der Waals surface area contributed by atoms with Gasteiger partial charge in [-0.15, -0.1) is 0 Å². The summed E-state index contributed by atoms with van der Waals surface area (Å²) >= 11 is 0. The van der Waals surface area contributed by atoms with E-state index in [2.05, 4.69) is 11.0 Å². The van der Waals surface area contributed by atoms with Crippen molar-refractivity contribution in [3.05, 3.63) is 33.9 Å². The summed E-state index contributed by atoms with van der Waals surface area (Å²) in [6.45, 7) is 5.22. The number of nitrogens with zero attached hydrogens (tertiary/aromatic N) is 4. The molecule has 0 unspecified atom stereocenters. The first-order valence-electron chi connectivity index (χ1n) is 6.21. The van der Waals surface area contributed by atoms with Gasteiger partial charge in [0.05, 0.1) is 17.5 Å². The highest BCUT2D eigenvalue weighted by Gasteiger charge is 2.23. The molecule has 1 aromatic carbocycles. The summed E-state index contributed by atoms with van der Waals surface area (Å²) in [5.74, 6) is 0. The monoisotopic (exact) mass is 260 g/mol. The van der Waals surface area contributed by atoms with Crippen molar-refractivity contribution in [2.45, 2.75) is 6.92 Å². The number of nitro groups is 1. The van der Waals surface area contributed by atoms with Gasteiger partial charge in [-0.05, 0) is 18.6 Å². The number of piperazine rings is 1. The van der Waals surface area contributed by atoms with Gasteiger partial charge in [-0.25, -0.2) is 0 Å². The van der Waals surface area contributed by atoms with E-state index in [4.69, 9.17) is 5.26 Å². The van der Waals surface area contributed by atoms with Crippen molar-refractivity contribution in [2.75, 3.05) is 37.6 Å². The van der Waals surface area contributed by atoms with E-state index in [1.54, 1.807) is 6.07 Å². The lowest BCUT2D eigenvalue weighted by atomic mass is 10.1. The molecule has 0 N–H and O–H groups in total. The maximum atomic E-state index is 11.1. The number of rotatable bonds is 3. The second kappa shape index (κ2) is 5.67. The summed E-state index contributed by atoms with van der Waals surface area (Å²) in [5.41, 5.74) is 1.72. The van der Waals surface area contributed by atoms with Gasteiger partial charge in [0.25, 0.3) is 5.69 Å². The lowest BCUT2D eigenvalue weighted by molar-refractivity contribution is -0.384. The minimum Gasteiger partial charge on any atom is -0.363 e. The van der Waals surface area contributed by atoms with Crippen LogP contribution in [0.2, 0.25) is 0 Å².